The van der Waals surface area contributed by atoms with Gasteiger partial charge >= 0.3 is 0 Å². The van der Waals surface area contributed by atoms with Gasteiger partial charge in [-0.05, 0) is 41.5 Å². The second-order valence-electron chi connectivity index (χ2n) is 5.33. The highest BCUT2D eigenvalue weighted by Crippen LogP contribution is 2.22. The molecule has 1 amide bonds. The zero-order chi connectivity index (χ0) is 16.8. The number of carbonyl (C=O) groups excluding carboxylic acids is 1. The van der Waals surface area contributed by atoms with E-state index in [0.29, 0.717) is 5.56 Å². The van der Waals surface area contributed by atoms with E-state index in [1.54, 1.807) is 43.8 Å². The Morgan fingerprint density at radius 2 is 1.67 bits per heavy atom. The van der Waals surface area contributed by atoms with E-state index in [4.69, 9.17) is 4.74 Å². The zero-order valence-electron chi connectivity index (χ0n) is 13.3. The first kappa shape index (κ1) is 15.7. The summed E-state index contributed by atoms with van der Waals surface area (Å²) in [7, 11) is 1.60. The average Bonchev–Trinajstić information content (AvgIpc) is 2.67. The Balaban J connectivity index is 1.87. The Hall–Kier alpha value is -3.14. The van der Waals surface area contributed by atoms with Crippen molar-refractivity contribution in [2.24, 2.45) is 0 Å². The summed E-state index contributed by atoms with van der Waals surface area (Å²) in [6, 6.07) is 20.5. The van der Waals surface area contributed by atoms with Crippen LogP contribution in [0.5, 0.6) is 5.75 Å². The molecule has 3 rings (SSSR count). The Labute approximate surface area is 141 Å². The number of hydrogen-bond acceptors (Lipinski definition) is 3. The number of aromatic nitrogens is 1. The van der Waals surface area contributed by atoms with Crippen molar-refractivity contribution in [1.29, 1.82) is 0 Å². The normalized spacial score (nSPS) is 11.5. The molecule has 0 saturated carbocycles. The van der Waals surface area contributed by atoms with Crippen molar-refractivity contribution in [1.82, 2.24) is 10.3 Å². The molecule has 2 aromatic carbocycles. The molecule has 120 valence electrons. The van der Waals surface area contributed by atoms with Crippen molar-refractivity contribution in [3.63, 3.8) is 0 Å². The first-order chi connectivity index (χ1) is 11.8. The number of benzene rings is 2. The van der Waals surface area contributed by atoms with Crippen LogP contribution in [0.3, 0.4) is 0 Å². The average molecular weight is 318 g/mol. The molecule has 0 spiro atoms. The molecule has 1 atom stereocenters. The quantitative estimate of drug-likeness (QED) is 0.782. The Bertz CT molecular complexity index is 747. The number of pyridine rings is 1. The molecule has 0 aliphatic rings. The summed E-state index contributed by atoms with van der Waals surface area (Å²) in [6.45, 7) is 0. The Kier molecular flexibility index (Phi) is 4.87. The molecule has 0 fully saturated rings. The fourth-order valence-electron chi connectivity index (χ4n) is 2.51. The van der Waals surface area contributed by atoms with Gasteiger partial charge in [0.1, 0.15) is 5.75 Å². The number of methoxy groups -OCH3 is 1. The molecule has 24 heavy (non-hydrogen) atoms. The lowest BCUT2D eigenvalue weighted by Gasteiger charge is -2.19. The molecular weight excluding hydrogens is 300 g/mol. The van der Waals surface area contributed by atoms with E-state index in [1.165, 1.54) is 0 Å². The van der Waals surface area contributed by atoms with E-state index in [-0.39, 0.29) is 11.9 Å². The zero-order valence-corrected chi connectivity index (χ0v) is 13.3. The summed E-state index contributed by atoms with van der Waals surface area (Å²) in [5.41, 5.74) is 2.53. The highest BCUT2D eigenvalue weighted by molar-refractivity contribution is 5.94. The number of hydrogen-bond donors (Lipinski definition) is 1. The van der Waals surface area contributed by atoms with Crippen LogP contribution in [0.15, 0.2) is 79.1 Å². The van der Waals surface area contributed by atoms with Gasteiger partial charge in [0.05, 0.1) is 13.2 Å². The number of nitrogens with one attached hydrogen (secondary N) is 1. The van der Waals surface area contributed by atoms with E-state index in [9.17, 15) is 4.79 Å². The van der Waals surface area contributed by atoms with Gasteiger partial charge in [-0.15, -0.1) is 0 Å². The van der Waals surface area contributed by atoms with Crippen LogP contribution in [0, 0.1) is 0 Å². The van der Waals surface area contributed by atoms with Crippen LogP contribution in [0.1, 0.15) is 27.5 Å². The van der Waals surface area contributed by atoms with Crippen molar-refractivity contribution in [3.05, 3.63) is 95.8 Å². The molecule has 3 aromatic rings. The van der Waals surface area contributed by atoms with E-state index in [2.05, 4.69) is 10.3 Å². The highest BCUT2D eigenvalue weighted by Gasteiger charge is 2.17. The smallest absolute Gasteiger partial charge is 0.252 e. The van der Waals surface area contributed by atoms with Crippen LogP contribution in [0.4, 0.5) is 0 Å². The van der Waals surface area contributed by atoms with Crippen LogP contribution in [-0.4, -0.2) is 18.0 Å². The Morgan fingerprint density at radius 3 is 2.29 bits per heavy atom. The molecule has 0 radical (unpaired) electrons. The number of ether oxygens (including phenoxy) is 1. The molecular formula is C20H18N2O2. The van der Waals surface area contributed by atoms with Gasteiger partial charge in [0.15, 0.2) is 0 Å². The second kappa shape index (κ2) is 7.42. The first-order valence-corrected chi connectivity index (χ1v) is 7.67. The van der Waals surface area contributed by atoms with Gasteiger partial charge in [-0.3, -0.25) is 9.78 Å². The summed E-state index contributed by atoms with van der Waals surface area (Å²) >= 11 is 0. The molecule has 0 saturated heterocycles. The molecule has 0 aliphatic heterocycles. The molecule has 4 heteroatoms. The van der Waals surface area contributed by atoms with Gasteiger partial charge in [-0.2, -0.15) is 0 Å². The van der Waals surface area contributed by atoms with Crippen LogP contribution in [0.2, 0.25) is 0 Å². The topological polar surface area (TPSA) is 51.2 Å². The number of rotatable bonds is 5. The number of nitrogens with zero attached hydrogens (tertiary/aromatic N) is 1. The minimum atomic E-state index is -0.255. The predicted molar refractivity (Wildman–Crippen MR) is 93.0 cm³/mol. The van der Waals surface area contributed by atoms with Crippen molar-refractivity contribution in [2.45, 2.75) is 6.04 Å². The maximum atomic E-state index is 12.6. The molecule has 4 nitrogen and oxygen atoms in total. The van der Waals surface area contributed by atoms with E-state index in [0.717, 1.165) is 16.9 Å². The van der Waals surface area contributed by atoms with Gasteiger partial charge in [0.2, 0.25) is 0 Å². The Morgan fingerprint density at radius 1 is 0.958 bits per heavy atom. The maximum absolute atomic E-state index is 12.6. The van der Waals surface area contributed by atoms with Crippen molar-refractivity contribution < 1.29 is 9.53 Å². The third-order valence-electron chi connectivity index (χ3n) is 3.78. The minimum absolute atomic E-state index is 0.143. The van der Waals surface area contributed by atoms with E-state index < -0.39 is 0 Å². The lowest BCUT2D eigenvalue weighted by molar-refractivity contribution is 0.0943. The third-order valence-corrected chi connectivity index (χ3v) is 3.78. The fourth-order valence-corrected chi connectivity index (χ4v) is 2.51. The summed E-state index contributed by atoms with van der Waals surface area (Å²) in [4.78, 5) is 16.8. The standard InChI is InChI=1S/C20H18N2O2/c1-24-18-11-9-16(10-12-18)20(23)22-19(15-6-3-2-4-7-15)17-8-5-13-21-14-17/h2-14,19H,1H3,(H,22,23). The highest BCUT2D eigenvalue weighted by atomic mass is 16.5. The minimum Gasteiger partial charge on any atom is -0.497 e. The van der Waals surface area contributed by atoms with Gasteiger partial charge in [-0.1, -0.05) is 36.4 Å². The summed E-state index contributed by atoms with van der Waals surface area (Å²) in [5, 5.41) is 3.08. The number of amides is 1. The lowest BCUT2D eigenvalue weighted by atomic mass is 9.99. The SMILES string of the molecule is COc1ccc(C(=O)NC(c2ccccc2)c2cccnc2)cc1. The molecule has 0 bridgehead atoms. The number of carbonyl (C=O) groups is 1. The monoisotopic (exact) mass is 318 g/mol. The third kappa shape index (κ3) is 3.60. The molecule has 0 aliphatic carbocycles. The maximum Gasteiger partial charge on any atom is 0.252 e. The van der Waals surface area contributed by atoms with Gasteiger partial charge in [-0.25, -0.2) is 0 Å². The largest absolute Gasteiger partial charge is 0.497 e. The van der Waals surface area contributed by atoms with Crippen molar-refractivity contribution in [2.75, 3.05) is 7.11 Å². The van der Waals surface area contributed by atoms with Crippen LogP contribution >= 0.6 is 0 Å². The molecule has 1 aromatic heterocycles. The van der Waals surface area contributed by atoms with Crippen LogP contribution in [-0.2, 0) is 0 Å². The van der Waals surface area contributed by atoms with E-state index >= 15 is 0 Å². The molecule has 1 unspecified atom stereocenters. The van der Waals surface area contributed by atoms with Crippen molar-refractivity contribution in [3.8, 4) is 5.75 Å². The molecule has 1 heterocycles. The summed E-state index contributed by atoms with van der Waals surface area (Å²) in [6.07, 6.45) is 3.49. The summed E-state index contributed by atoms with van der Waals surface area (Å²) < 4.78 is 5.13. The second-order valence-corrected chi connectivity index (χ2v) is 5.33. The lowest BCUT2D eigenvalue weighted by Crippen LogP contribution is -2.29. The predicted octanol–water partition coefficient (Wildman–Crippen LogP) is 3.61. The van der Waals surface area contributed by atoms with Gasteiger partial charge in [0.25, 0.3) is 5.91 Å². The van der Waals surface area contributed by atoms with E-state index in [1.807, 2.05) is 42.5 Å². The fraction of sp³-hybridized carbons (Fsp3) is 0.100. The van der Waals surface area contributed by atoms with Crippen LogP contribution in [0.25, 0.3) is 0 Å². The summed E-state index contributed by atoms with van der Waals surface area (Å²) in [5.74, 6) is 0.578. The van der Waals surface area contributed by atoms with Crippen molar-refractivity contribution >= 4 is 5.91 Å². The molecule has 1 N–H and O–H groups in total. The van der Waals surface area contributed by atoms with Crippen LogP contribution < -0.4 is 10.1 Å². The first-order valence-electron chi connectivity index (χ1n) is 7.67. The van der Waals surface area contributed by atoms with Gasteiger partial charge in [0, 0.05) is 18.0 Å². The van der Waals surface area contributed by atoms with Gasteiger partial charge < -0.3 is 10.1 Å².